The zero-order valence-corrected chi connectivity index (χ0v) is 9.78. The van der Waals surface area contributed by atoms with Crippen LogP contribution in [0.3, 0.4) is 0 Å². The fourth-order valence-electron chi connectivity index (χ4n) is 1.78. The third-order valence-corrected chi connectivity index (χ3v) is 2.66. The molecule has 3 rings (SSSR count). The fourth-order valence-corrected chi connectivity index (χ4v) is 1.78. The summed E-state index contributed by atoms with van der Waals surface area (Å²) in [6, 6.07) is 19.7. The Bertz CT molecular complexity index is 535. The highest BCUT2D eigenvalue weighted by Gasteiger charge is 2.14. The molecule has 0 saturated heterocycles. The van der Waals surface area contributed by atoms with Crippen LogP contribution in [0.2, 0.25) is 0 Å². The molecule has 88 valence electrons. The first kappa shape index (κ1) is 10.7. The summed E-state index contributed by atoms with van der Waals surface area (Å²) in [5.41, 5.74) is 1.95. The van der Waals surface area contributed by atoms with E-state index in [2.05, 4.69) is 9.98 Å². The van der Waals surface area contributed by atoms with E-state index in [0.717, 1.165) is 11.1 Å². The highest BCUT2D eigenvalue weighted by atomic mass is 16.5. The number of benzene rings is 2. The van der Waals surface area contributed by atoms with Crippen LogP contribution in [-0.2, 0) is 4.74 Å². The van der Waals surface area contributed by atoms with Gasteiger partial charge in [0, 0.05) is 11.1 Å². The lowest BCUT2D eigenvalue weighted by Gasteiger charge is -2.14. The van der Waals surface area contributed by atoms with Crippen molar-refractivity contribution in [3.05, 3.63) is 71.8 Å². The van der Waals surface area contributed by atoms with Gasteiger partial charge in [-0.3, -0.25) is 0 Å². The summed E-state index contributed by atoms with van der Waals surface area (Å²) < 4.78 is 5.76. The molecule has 0 unspecified atom stereocenters. The Balaban J connectivity index is 1.85. The molecule has 18 heavy (non-hydrogen) atoms. The van der Waals surface area contributed by atoms with E-state index in [9.17, 15) is 0 Å². The normalized spacial score (nSPS) is 14.4. The summed E-state index contributed by atoms with van der Waals surface area (Å²) in [5.74, 6) is 1.26. The van der Waals surface area contributed by atoms with Gasteiger partial charge in [0.15, 0.2) is 0 Å². The van der Waals surface area contributed by atoms with Crippen LogP contribution in [0.1, 0.15) is 11.1 Å². The second-order valence-electron chi connectivity index (χ2n) is 3.90. The van der Waals surface area contributed by atoms with Crippen molar-refractivity contribution in [2.75, 3.05) is 6.67 Å². The number of nitrogens with zero attached hydrogens (tertiary/aromatic N) is 2. The summed E-state index contributed by atoms with van der Waals surface area (Å²) >= 11 is 0. The van der Waals surface area contributed by atoms with Crippen molar-refractivity contribution in [1.29, 1.82) is 0 Å². The molecule has 0 N–H and O–H groups in total. The first-order chi connectivity index (χ1) is 8.93. The zero-order valence-electron chi connectivity index (χ0n) is 9.78. The van der Waals surface area contributed by atoms with Crippen molar-refractivity contribution < 1.29 is 4.74 Å². The molecule has 0 bridgehead atoms. The molecule has 0 atom stereocenters. The van der Waals surface area contributed by atoms with Gasteiger partial charge in [-0.2, -0.15) is 0 Å². The Morgan fingerprint density at radius 1 is 0.667 bits per heavy atom. The van der Waals surface area contributed by atoms with Crippen LogP contribution >= 0.6 is 0 Å². The van der Waals surface area contributed by atoms with Crippen molar-refractivity contribution >= 4 is 11.8 Å². The van der Waals surface area contributed by atoms with Gasteiger partial charge < -0.3 is 4.74 Å². The van der Waals surface area contributed by atoms with Crippen LogP contribution in [-0.4, -0.2) is 18.5 Å². The van der Waals surface area contributed by atoms with Crippen molar-refractivity contribution in [2.45, 2.75) is 0 Å². The lowest BCUT2D eigenvalue weighted by Crippen LogP contribution is -2.19. The molecule has 3 nitrogen and oxygen atoms in total. The summed E-state index contributed by atoms with van der Waals surface area (Å²) in [6.45, 7) is 0.411. The van der Waals surface area contributed by atoms with E-state index >= 15 is 0 Å². The summed E-state index contributed by atoms with van der Waals surface area (Å²) in [5, 5.41) is 0. The third-order valence-electron chi connectivity index (χ3n) is 2.66. The molecular weight excluding hydrogens is 224 g/mol. The second kappa shape index (κ2) is 4.84. The van der Waals surface area contributed by atoms with Gasteiger partial charge in [0.1, 0.15) is 6.67 Å². The Hall–Kier alpha value is -2.42. The molecule has 0 amide bonds. The first-order valence-corrected chi connectivity index (χ1v) is 5.81. The molecule has 0 spiro atoms. The average molecular weight is 236 g/mol. The lowest BCUT2D eigenvalue weighted by molar-refractivity contribution is 0.527. The first-order valence-electron chi connectivity index (χ1n) is 5.81. The van der Waals surface area contributed by atoms with Gasteiger partial charge in [-0.05, 0) is 24.3 Å². The van der Waals surface area contributed by atoms with Crippen molar-refractivity contribution in [3.8, 4) is 0 Å². The zero-order chi connectivity index (χ0) is 12.2. The topological polar surface area (TPSA) is 34.0 Å². The standard InChI is InChI=1S/C15H12N2O/c1-3-7-12(8-4-1)14-16-11-17-15(18-14)13-9-5-2-6-10-13/h1-10H,11H2. The SMILES string of the molecule is c1ccc(C2=NCN=C(c3ccccc3)O2)cc1. The molecule has 0 aliphatic carbocycles. The lowest BCUT2D eigenvalue weighted by atomic mass is 10.2. The smallest absolute Gasteiger partial charge is 0.225 e. The van der Waals surface area contributed by atoms with Gasteiger partial charge >= 0.3 is 0 Å². The summed E-state index contributed by atoms with van der Waals surface area (Å²) in [6.07, 6.45) is 0. The van der Waals surface area contributed by atoms with Crippen LogP contribution in [0.5, 0.6) is 0 Å². The molecule has 1 aliphatic heterocycles. The van der Waals surface area contributed by atoms with Crippen LogP contribution in [0.4, 0.5) is 0 Å². The van der Waals surface area contributed by atoms with Gasteiger partial charge in [-0.25, -0.2) is 9.98 Å². The fraction of sp³-hybridized carbons (Fsp3) is 0.0667. The summed E-state index contributed by atoms with van der Waals surface area (Å²) in [7, 11) is 0. The molecule has 2 aromatic rings. The molecule has 1 aliphatic rings. The highest BCUT2D eigenvalue weighted by Crippen LogP contribution is 2.11. The van der Waals surface area contributed by atoms with Crippen molar-refractivity contribution in [3.63, 3.8) is 0 Å². The van der Waals surface area contributed by atoms with Gasteiger partial charge in [-0.15, -0.1) is 0 Å². The highest BCUT2D eigenvalue weighted by molar-refractivity contribution is 6.08. The predicted molar refractivity (Wildman–Crippen MR) is 71.9 cm³/mol. The van der Waals surface area contributed by atoms with Crippen LogP contribution < -0.4 is 0 Å². The number of aliphatic imine (C=N–C) groups is 2. The predicted octanol–water partition coefficient (Wildman–Crippen LogP) is 2.87. The number of ether oxygens (including phenoxy) is 1. The van der Waals surface area contributed by atoms with E-state index in [1.165, 1.54) is 0 Å². The monoisotopic (exact) mass is 236 g/mol. The minimum Gasteiger partial charge on any atom is -0.420 e. The molecule has 0 aromatic heterocycles. The number of hydrogen-bond acceptors (Lipinski definition) is 3. The molecule has 0 radical (unpaired) electrons. The van der Waals surface area contributed by atoms with E-state index in [1.54, 1.807) is 0 Å². The molecular formula is C15H12N2O. The van der Waals surface area contributed by atoms with Crippen LogP contribution in [0, 0.1) is 0 Å². The molecule has 3 heteroatoms. The van der Waals surface area contributed by atoms with E-state index in [4.69, 9.17) is 4.74 Å². The Morgan fingerprint density at radius 2 is 1.11 bits per heavy atom. The Labute approximate surface area is 105 Å². The van der Waals surface area contributed by atoms with Crippen LogP contribution in [0.15, 0.2) is 70.6 Å². The Kier molecular flexibility index (Phi) is 2.88. The van der Waals surface area contributed by atoms with Crippen molar-refractivity contribution in [1.82, 2.24) is 0 Å². The van der Waals surface area contributed by atoms with E-state index in [0.29, 0.717) is 18.5 Å². The van der Waals surface area contributed by atoms with Crippen molar-refractivity contribution in [2.24, 2.45) is 9.98 Å². The third kappa shape index (κ3) is 2.15. The van der Waals surface area contributed by atoms with E-state index in [1.807, 2.05) is 60.7 Å². The van der Waals surface area contributed by atoms with Gasteiger partial charge in [0.25, 0.3) is 0 Å². The maximum Gasteiger partial charge on any atom is 0.225 e. The molecule has 0 fully saturated rings. The van der Waals surface area contributed by atoms with E-state index in [-0.39, 0.29) is 0 Å². The van der Waals surface area contributed by atoms with Crippen LogP contribution in [0.25, 0.3) is 0 Å². The van der Waals surface area contributed by atoms with Gasteiger partial charge in [-0.1, -0.05) is 36.4 Å². The molecule has 1 heterocycles. The maximum absolute atomic E-state index is 5.76. The minimum absolute atomic E-state index is 0.411. The maximum atomic E-state index is 5.76. The molecule has 0 saturated carbocycles. The number of rotatable bonds is 2. The van der Waals surface area contributed by atoms with E-state index < -0.39 is 0 Å². The quantitative estimate of drug-likeness (QED) is 0.789. The minimum atomic E-state index is 0.411. The average Bonchev–Trinajstić information content (AvgIpc) is 2.49. The van der Waals surface area contributed by atoms with Gasteiger partial charge in [0.2, 0.25) is 11.8 Å². The largest absolute Gasteiger partial charge is 0.420 e. The summed E-state index contributed by atoms with van der Waals surface area (Å²) in [4.78, 5) is 8.56. The number of hydrogen-bond donors (Lipinski definition) is 0. The van der Waals surface area contributed by atoms with Gasteiger partial charge in [0.05, 0.1) is 0 Å². The Morgan fingerprint density at radius 3 is 1.56 bits per heavy atom. The molecule has 2 aromatic carbocycles. The second-order valence-corrected chi connectivity index (χ2v) is 3.90.